The first kappa shape index (κ1) is 18.9. The van der Waals surface area contributed by atoms with E-state index in [0.717, 1.165) is 11.4 Å². The van der Waals surface area contributed by atoms with Gasteiger partial charge in [-0.2, -0.15) is 0 Å². The maximum atomic E-state index is 13.7. The summed E-state index contributed by atoms with van der Waals surface area (Å²) in [6.45, 7) is 5.97. The van der Waals surface area contributed by atoms with Gasteiger partial charge in [0.15, 0.2) is 6.10 Å². The molecule has 2 amide bonds. The SMILES string of the molecule is Cc1cn(-c2ccc([C@H]3OC(=O)N(C(=O)OC(C)(C)C)[C@@H]3CF)cc2)cn1. The van der Waals surface area contributed by atoms with Crippen LogP contribution in [-0.4, -0.2) is 45.0 Å². The number of aryl methyl sites for hydroxylation is 1. The number of imide groups is 1. The van der Waals surface area contributed by atoms with Crippen LogP contribution < -0.4 is 0 Å². The molecule has 1 saturated heterocycles. The van der Waals surface area contributed by atoms with Crippen LogP contribution in [0.2, 0.25) is 0 Å². The van der Waals surface area contributed by atoms with Gasteiger partial charge in [-0.05, 0) is 45.4 Å². The number of carbonyl (C=O) groups excluding carboxylic acids is 2. The van der Waals surface area contributed by atoms with Gasteiger partial charge in [-0.25, -0.2) is 23.9 Å². The van der Waals surface area contributed by atoms with Crippen molar-refractivity contribution < 1.29 is 23.5 Å². The molecule has 0 spiro atoms. The molecule has 0 bridgehead atoms. The molecular formula is C19H22FN3O4. The lowest BCUT2D eigenvalue weighted by molar-refractivity contribution is 0.0269. The molecule has 1 fully saturated rings. The number of nitrogens with zero attached hydrogens (tertiary/aromatic N) is 3. The molecule has 0 N–H and O–H groups in total. The number of aromatic nitrogens is 2. The van der Waals surface area contributed by atoms with E-state index in [1.54, 1.807) is 39.2 Å². The van der Waals surface area contributed by atoms with E-state index >= 15 is 0 Å². The summed E-state index contributed by atoms with van der Waals surface area (Å²) < 4.78 is 26.0. The van der Waals surface area contributed by atoms with Crippen molar-refractivity contribution in [3.8, 4) is 5.69 Å². The van der Waals surface area contributed by atoms with E-state index in [1.807, 2.05) is 29.8 Å². The Labute approximate surface area is 156 Å². The van der Waals surface area contributed by atoms with E-state index in [0.29, 0.717) is 10.5 Å². The largest absolute Gasteiger partial charge is 0.443 e. The Bertz CT molecular complexity index is 841. The first-order chi connectivity index (χ1) is 12.7. The Hall–Kier alpha value is -2.90. The Morgan fingerprint density at radius 1 is 1.30 bits per heavy atom. The fourth-order valence-electron chi connectivity index (χ4n) is 2.87. The predicted molar refractivity (Wildman–Crippen MR) is 95.4 cm³/mol. The molecule has 8 heteroatoms. The molecule has 2 heterocycles. The quantitative estimate of drug-likeness (QED) is 0.812. The molecule has 1 aliphatic heterocycles. The molecule has 144 valence electrons. The van der Waals surface area contributed by atoms with Gasteiger partial charge in [0.25, 0.3) is 0 Å². The number of imidazole rings is 1. The standard InChI is InChI=1S/C19H22FN3O4/c1-12-10-22(11-21-12)14-7-5-13(6-8-14)16-15(9-20)23(17(24)26-16)18(25)27-19(2,3)4/h5-8,10-11,15-16H,9H2,1-4H3/t15-,16-/m1/s1. The van der Waals surface area contributed by atoms with Crippen LogP contribution in [0.1, 0.15) is 38.1 Å². The molecule has 3 rings (SSSR count). The maximum Gasteiger partial charge on any atom is 0.420 e. The van der Waals surface area contributed by atoms with Gasteiger partial charge >= 0.3 is 12.2 Å². The van der Waals surface area contributed by atoms with E-state index in [1.165, 1.54) is 0 Å². The predicted octanol–water partition coefficient (Wildman–Crippen LogP) is 3.95. The zero-order valence-corrected chi connectivity index (χ0v) is 15.7. The first-order valence-corrected chi connectivity index (χ1v) is 8.59. The second-order valence-electron chi connectivity index (χ2n) is 7.39. The summed E-state index contributed by atoms with van der Waals surface area (Å²) in [6, 6.07) is 6.03. The summed E-state index contributed by atoms with van der Waals surface area (Å²) in [5.74, 6) is 0. The van der Waals surface area contributed by atoms with Crippen molar-refractivity contribution in [2.75, 3.05) is 6.67 Å². The number of benzene rings is 1. The van der Waals surface area contributed by atoms with Crippen LogP contribution in [0.25, 0.3) is 5.69 Å². The monoisotopic (exact) mass is 375 g/mol. The number of hydrogen-bond donors (Lipinski definition) is 0. The first-order valence-electron chi connectivity index (χ1n) is 8.59. The molecule has 7 nitrogen and oxygen atoms in total. The van der Waals surface area contributed by atoms with E-state index in [9.17, 15) is 14.0 Å². The average Bonchev–Trinajstić information content (AvgIpc) is 3.16. The number of alkyl halides is 1. The Morgan fingerprint density at radius 3 is 2.48 bits per heavy atom. The van der Waals surface area contributed by atoms with Gasteiger partial charge in [-0.1, -0.05) is 12.1 Å². The molecule has 0 unspecified atom stereocenters. The number of hydrogen-bond acceptors (Lipinski definition) is 5. The lowest BCUT2D eigenvalue weighted by Gasteiger charge is -2.25. The second-order valence-corrected chi connectivity index (χ2v) is 7.39. The fourth-order valence-corrected chi connectivity index (χ4v) is 2.87. The van der Waals surface area contributed by atoms with Crippen molar-refractivity contribution >= 4 is 12.2 Å². The highest BCUT2D eigenvalue weighted by molar-refractivity contribution is 5.90. The minimum Gasteiger partial charge on any atom is -0.443 e. The van der Waals surface area contributed by atoms with Crippen molar-refractivity contribution in [3.05, 3.63) is 48.0 Å². The highest BCUT2D eigenvalue weighted by atomic mass is 19.1. The Kier molecular flexibility index (Phi) is 4.91. The number of cyclic esters (lactones) is 1. The normalized spacial score (nSPS) is 19.9. The summed E-state index contributed by atoms with van der Waals surface area (Å²) in [7, 11) is 0. The third-order valence-electron chi connectivity index (χ3n) is 4.09. The molecule has 27 heavy (non-hydrogen) atoms. The number of ether oxygens (including phenoxy) is 2. The van der Waals surface area contributed by atoms with Crippen LogP contribution in [-0.2, 0) is 9.47 Å². The molecular weight excluding hydrogens is 353 g/mol. The Balaban J connectivity index is 1.82. The Morgan fingerprint density at radius 2 is 1.96 bits per heavy atom. The number of carbonyl (C=O) groups is 2. The highest BCUT2D eigenvalue weighted by Gasteiger charge is 2.47. The number of amides is 2. The summed E-state index contributed by atoms with van der Waals surface area (Å²) in [5, 5.41) is 0. The second kappa shape index (κ2) is 7.02. The molecule has 0 aliphatic carbocycles. The maximum absolute atomic E-state index is 13.7. The molecule has 0 saturated carbocycles. The van der Waals surface area contributed by atoms with Gasteiger partial charge in [0.1, 0.15) is 18.3 Å². The topological polar surface area (TPSA) is 73.7 Å². The summed E-state index contributed by atoms with van der Waals surface area (Å²) in [6.07, 6.45) is 0.844. The third kappa shape index (κ3) is 3.94. The van der Waals surface area contributed by atoms with Crippen LogP contribution in [0.4, 0.5) is 14.0 Å². The zero-order chi connectivity index (χ0) is 19.8. The lowest BCUT2D eigenvalue weighted by atomic mass is 10.0. The van der Waals surface area contributed by atoms with Gasteiger partial charge in [0.2, 0.25) is 0 Å². The van der Waals surface area contributed by atoms with E-state index in [4.69, 9.17) is 9.47 Å². The molecule has 0 radical (unpaired) electrons. The van der Waals surface area contributed by atoms with Crippen molar-refractivity contribution in [1.82, 2.24) is 14.5 Å². The fraction of sp³-hybridized carbons (Fsp3) is 0.421. The zero-order valence-electron chi connectivity index (χ0n) is 15.7. The van der Waals surface area contributed by atoms with Crippen LogP contribution in [0.3, 0.4) is 0 Å². The highest BCUT2D eigenvalue weighted by Crippen LogP contribution is 2.34. The molecule has 2 atom stereocenters. The van der Waals surface area contributed by atoms with Gasteiger partial charge in [0, 0.05) is 11.9 Å². The van der Waals surface area contributed by atoms with Gasteiger partial charge in [0.05, 0.1) is 12.0 Å². The molecule has 1 aromatic carbocycles. The van der Waals surface area contributed by atoms with Crippen molar-refractivity contribution in [2.45, 2.75) is 45.4 Å². The van der Waals surface area contributed by atoms with Crippen LogP contribution >= 0.6 is 0 Å². The van der Waals surface area contributed by atoms with Gasteiger partial charge < -0.3 is 14.0 Å². The smallest absolute Gasteiger partial charge is 0.420 e. The average molecular weight is 375 g/mol. The van der Waals surface area contributed by atoms with Crippen molar-refractivity contribution in [1.29, 1.82) is 0 Å². The van der Waals surface area contributed by atoms with Crippen molar-refractivity contribution in [2.24, 2.45) is 0 Å². The van der Waals surface area contributed by atoms with E-state index < -0.39 is 36.6 Å². The van der Waals surface area contributed by atoms with Gasteiger partial charge in [-0.15, -0.1) is 0 Å². The molecule has 1 aromatic heterocycles. The van der Waals surface area contributed by atoms with Gasteiger partial charge in [-0.3, -0.25) is 0 Å². The molecule has 2 aromatic rings. The lowest BCUT2D eigenvalue weighted by Crippen LogP contribution is -2.43. The van der Waals surface area contributed by atoms with E-state index in [2.05, 4.69) is 4.98 Å². The summed E-state index contributed by atoms with van der Waals surface area (Å²) >= 11 is 0. The minimum atomic E-state index is -1.08. The number of halogens is 1. The van der Waals surface area contributed by atoms with E-state index in [-0.39, 0.29) is 0 Å². The molecule has 1 aliphatic rings. The summed E-state index contributed by atoms with van der Waals surface area (Å²) in [4.78, 5) is 29.3. The summed E-state index contributed by atoms with van der Waals surface area (Å²) in [5.41, 5.74) is 1.54. The minimum absolute atomic E-state index is 0.595. The van der Waals surface area contributed by atoms with Crippen LogP contribution in [0, 0.1) is 6.92 Å². The van der Waals surface area contributed by atoms with Crippen LogP contribution in [0.15, 0.2) is 36.8 Å². The van der Waals surface area contributed by atoms with Crippen LogP contribution in [0.5, 0.6) is 0 Å². The number of rotatable bonds is 3. The van der Waals surface area contributed by atoms with Crippen molar-refractivity contribution in [3.63, 3.8) is 0 Å². The third-order valence-corrected chi connectivity index (χ3v) is 4.09.